The summed E-state index contributed by atoms with van der Waals surface area (Å²) in [5, 5.41) is 11.4. The van der Waals surface area contributed by atoms with Crippen molar-refractivity contribution in [1.29, 1.82) is 0 Å². The minimum atomic E-state index is -1.09. The number of rotatable bonds is 3. The Kier molecular flexibility index (Phi) is 4.28. The number of carboxylic acids is 1. The average molecular weight is 251 g/mol. The minimum Gasteiger partial charge on any atom is -0.478 e. The van der Waals surface area contributed by atoms with E-state index in [-0.39, 0.29) is 16.8 Å². The lowest BCUT2D eigenvalue weighted by Crippen LogP contribution is -2.50. The monoisotopic (exact) mass is 251 g/mol. The Balaban J connectivity index is 2.68. The number of urea groups is 1. The fourth-order valence-electron chi connectivity index (χ4n) is 1.18. The molecule has 0 aliphatic heterocycles. The molecule has 98 valence electrons. The van der Waals surface area contributed by atoms with Crippen LogP contribution >= 0.6 is 0 Å². The van der Waals surface area contributed by atoms with E-state index < -0.39 is 12.0 Å². The highest BCUT2D eigenvalue weighted by atomic mass is 16.4. The van der Waals surface area contributed by atoms with Gasteiger partial charge in [0.05, 0.1) is 11.3 Å². The van der Waals surface area contributed by atoms with E-state index in [0.717, 1.165) is 0 Å². The fourth-order valence-corrected chi connectivity index (χ4v) is 1.18. The normalized spacial score (nSPS) is 10.8. The molecule has 6 nitrogen and oxygen atoms in total. The molecule has 2 amide bonds. The van der Waals surface area contributed by atoms with Crippen LogP contribution < -0.4 is 16.2 Å². The van der Waals surface area contributed by atoms with Crippen LogP contribution in [-0.4, -0.2) is 22.6 Å². The van der Waals surface area contributed by atoms with E-state index in [4.69, 9.17) is 5.11 Å². The second-order valence-corrected chi connectivity index (χ2v) is 4.80. The Labute approximate surface area is 105 Å². The van der Waals surface area contributed by atoms with Crippen molar-refractivity contribution in [3.63, 3.8) is 0 Å². The first-order chi connectivity index (χ1) is 8.29. The van der Waals surface area contributed by atoms with Crippen molar-refractivity contribution < 1.29 is 14.7 Å². The second-order valence-electron chi connectivity index (χ2n) is 4.80. The van der Waals surface area contributed by atoms with Crippen molar-refractivity contribution in [3.05, 3.63) is 29.8 Å². The number of benzene rings is 1. The number of aromatic carboxylic acids is 1. The molecule has 0 aliphatic carbocycles. The Bertz CT molecular complexity index is 452. The zero-order valence-electron chi connectivity index (χ0n) is 10.6. The third kappa shape index (κ3) is 4.42. The van der Waals surface area contributed by atoms with Crippen LogP contribution in [0, 0.1) is 0 Å². The zero-order valence-corrected chi connectivity index (χ0v) is 10.6. The number of hydrazine groups is 1. The van der Waals surface area contributed by atoms with Gasteiger partial charge in [-0.05, 0) is 32.9 Å². The van der Waals surface area contributed by atoms with Crippen molar-refractivity contribution in [3.8, 4) is 0 Å². The standard InChI is InChI=1S/C12H17N3O3/c1-12(2,3)15-14-11(18)13-9-7-5-4-6-8(9)10(16)17/h4-7,15H,1-3H3,(H,16,17)(H2,13,14,18). The van der Waals surface area contributed by atoms with Crippen LogP contribution in [0.25, 0.3) is 0 Å². The van der Waals surface area contributed by atoms with Crippen molar-refractivity contribution in [2.24, 2.45) is 0 Å². The molecule has 0 saturated carbocycles. The van der Waals surface area contributed by atoms with E-state index in [1.807, 2.05) is 20.8 Å². The maximum atomic E-state index is 11.6. The van der Waals surface area contributed by atoms with E-state index in [2.05, 4.69) is 16.2 Å². The number of amides is 2. The van der Waals surface area contributed by atoms with E-state index in [9.17, 15) is 9.59 Å². The number of anilines is 1. The van der Waals surface area contributed by atoms with Crippen LogP contribution in [0.4, 0.5) is 10.5 Å². The lowest BCUT2D eigenvalue weighted by atomic mass is 10.1. The number of hydrogen-bond donors (Lipinski definition) is 4. The third-order valence-corrected chi connectivity index (χ3v) is 1.96. The summed E-state index contributed by atoms with van der Waals surface area (Å²) < 4.78 is 0. The lowest BCUT2D eigenvalue weighted by Gasteiger charge is -2.21. The van der Waals surface area contributed by atoms with Gasteiger partial charge in [-0.15, -0.1) is 0 Å². The molecule has 1 rings (SSSR count). The molecule has 6 heteroatoms. The van der Waals surface area contributed by atoms with E-state index in [0.29, 0.717) is 0 Å². The van der Waals surface area contributed by atoms with Gasteiger partial charge < -0.3 is 10.4 Å². The van der Waals surface area contributed by atoms with E-state index >= 15 is 0 Å². The largest absolute Gasteiger partial charge is 0.478 e. The van der Waals surface area contributed by atoms with Crippen molar-refractivity contribution >= 4 is 17.7 Å². The van der Waals surface area contributed by atoms with Gasteiger partial charge in [-0.1, -0.05) is 12.1 Å². The first-order valence-electron chi connectivity index (χ1n) is 5.46. The summed E-state index contributed by atoms with van der Waals surface area (Å²) in [5.41, 5.74) is 5.24. The van der Waals surface area contributed by atoms with Crippen LogP contribution in [0.3, 0.4) is 0 Å². The van der Waals surface area contributed by atoms with Crippen molar-refractivity contribution in [2.45, 2.75) is 26.3 Å². The van der Waals surface area contributed by atoms with Gasteiger partial charge in [0.25, 0.3) is 0 Å². The van der Waals surface area contributed by atoms with Crippen LogP contribution in [0.15, 0.2) is 24.3 Å². The van der Waals surface area contributed by atoms with Gasteiger partial charge in [-0.3, -0.25) is 5.43 Å². The highest BCUT2D eigenvalue weighted by Crippen LogP contribution is 2.14. The van der Waals surface area contributed by atoms with E-state index in [1.54, 1.807) is 12.1 Å². The lowest BCUT2D eigenvalue weighted by molar-refractivity contribution is 0.0698. The molecule has 0 spiro atoms. The van der Waals surface area contributed by atoms with Crippen LogP contribution in [-0.2, 0) is 0 Å². The van der Waals surface area contributed by atoms with Crippen LogP contribution in [0.2, 0.25) is 0 Å². The molecule has 0 fully saturated rings. The molecule has 0 heterocycles. The maximum absolute atomic E-state index is 11.6. The average Bonchev–Trinajstić information content (AvgIpc) is 2.26. The number of carbonyl (C=O) groups is 2. The van der Waals surface area contributed by atoms with Gasteiger partial charge in [-0.25, -0.2) is 15.0 Å². The first-order valence-corrected chi connectivity index (χ1v) is 5.46. The minimum absolute atomic E-state index is 0.0448. The highest BCUT2D eigenvalue weighted by molar-refractivity contribution is 5.99. The summed E-state index contributed by atoms with van der Waals surface area (Å²) in [4.78, 5) is 22.5. The van der Waals surface area contributed by atoms with Crippen molar-refractivity contribution in [2.75, 3.05) is 5.32 Å². The fraction of sp³-hybridized carbons (Fsp3) is 0.333. The number of carboxylic acid groups (broad SMARTS) is 1. The molecule has 0 aromatic heterocycles. The van der Waals surface area contributed by atoms with Gasteiger partial charge >= 0.3 is 12.0 Å². The molecular formula is C12H17N3O3. The molecule has 0 unspecified atom stereocenters. The Morgan fingerprint density at radius 3 is 2.33 bits per heavy atom. The number of para-hydroxylation sites is 1. The quantitative estimate of drug-likeness (QED) is 0.617. The van der Waals surface area contributed by atoms with Gasteiger partial charge in [-0.2, -0.15) is 0 Å². The molecule has 18 heavy (non-hydrogen) atoms. The third-order valence-electron chi connectivity index (χ3n) is 1.96. The van der Waals surface area contributed by atoms with Gasteiger partial charge in [0.2, 0.25) is 0 Å². The van der Waals surface area contributed by atoms with Gasteiger partial charge in [0.15, 0.2) is 0 Å². The predicted molar refractivity (Wildman–Crippen MR) is 68.4 cm³/mol. The molecule has 0 atom stereocenters. The molecule has 0 aliphatic rings. The van der Waals surface area contributed by atoms with Gasteiger partial charge in [0.1, 0.15) is 0 Å². The SMILES string of the molecule is CC(C)(C)NNC(=O)Nc1ccccc1C(=O)O. The molecular weight excluding hydrogens is 234 g/mol. The van der Waals surface area contributed by atoms with Gasteiger partial charge in [0, 0.05) is 5.54 Å². The maximum Gasteiger partial charge on any atom is 0.337 e. The molecule has 1 aromatic rings. The number of nitrogens with one attached hydrogen (secondary N) is 3. The van der Waals surface area contributed by atoms with Crippen molar-refractivity contribution in [1.82, 2.24) is 10.9 Å². The Morgan fingerprint density at radius 2 is 1.78 bits per heavy atom. The summed E-state index contributed by atoms with van der Waals surface area (Å²) in [5.74, 6) is -1.09. The second kappa shape index (κ2) is 5.50. The van der Waals surface area contributed by atoms with Crippen LogP contribution in [0.1, 0.15) is 31.1 Å². The molecule has 0 saturated heterocycles. The Hall–Kier alpha value is -2.08. The number of carbonyl (C=O) groups excluding carboxylic acids is 1. The first kappa shape index (κ1) is 14.0. The zero-order chi connectivity index (χ0) is 13.8. The summed E-state index contributed by atoms with van der Waals surface area (Å²) in [6, 6.07) is 5.69. The Morgan fingerprint density at radius 1 is 1.17 bits per heavy atom. The smallest absolute Gasteiger partial charge is 0.337 e. The summed E-state index contributed by atoms with van der Waals surface area (Å²) in [7, 11) is 0. The molecule has 0 bridgehead atoms. The highest BCUT2D eigenvalue weighted by Gasteiger charge is 2.13. The van der Waals surface area contributed by atoms with E-state index in [1.165, 1.54) is 12.1 Å². The summed E-state index contributed by atoms with van der Waals surface area (Å²) in [6.07, 6.45) is 0. The molecule has 4 N–H and O–H groups in total. The number of hydrogen-bond acceptors (Lipinski definition) is 3. The molecule has 1 aromatic carbocycles. The predicted octanol–water partition coefficient (Wildman–Crippen LogP) is 1.81. The van der Waals surface area contributed by atoms with Crippen LogP contribution in [0.5, 0.6) is 0 Å². The summed E-state index contributed by atoms with van der Waals surface area (Å²) >= 11 is 0. The molecule has 0 radical (unpaired) electrons. The summed E-state index contributed by atoms with van der Waals surface area (Å²) in [6.45, 7) is 5.66. The topological polar surface area (TPSA) is 90.5 Å².